The van der Waals surface area contributed by atoms with E-state index in [9.17, 15) is 9.59 Å². The Kier molecular flexibility index (Phi) is 6.53. The standard InChI is InChI=1S/C25H35N5O2/c1-5-26-25(28-15-19-8-7-16(2)13-20(19)29(3)4)27-11-6-12-30-23(31)21-17-9-10-18(14-17)22(21)24(30)32/h7-10,13,17-18,21-22H,5-6,11-12,14-15H2,1-4H3,(H2,26,27,28). The van der Waals surface area contributed by atoms with Crippen molar-refractivity contribution in [1.82, 2.24) is 15.5 Å². The van der Waals surface area contributed by atoms with Gasteiger partial charge in [0.1, 0.15) is 0 Å². The van der Waals surface area contributed by atoms with Crippen LogP contribution in [-0.4, -0.2) is 56.4 Å². The minimum atomic E-state index is -0.107. The molecule has 4 unspecified atom stereocenters. The molecular weight excluding hydrogens is 402 g/mol. The summed E-state index contributed by atoms with van der Waals surface area (Å²) in [6.45, 7) is 6.60. The van der Waals surface area contributed by atoms with E-state index in [2.05, 4.69) is 52.8 Å². The van der Waals surface area contributed by atoms with Crippen molar-refractivity contribution in [3.8, 4) is 0 Å². The average molecular weight is 438 g/mol. The summed E-state index contributed by atoms with van der Waals surface area (Å²) in [5.74, 6) is 1.14. The van der Waals surface area contributed by atoms with E-state index in [1.807, 2.05) is 21.0 Å². The largest absolute Gasteiger partial charge is 0.377 e. The van der Waals surface area contributed by atoms with Crippen LogP contribution < -0.4 is 15.5 Å². The maximum absolute atomic E-state index is 12.8. The van der Waals surface area contributed by atoms with Crippen LogP contribution in [0.1, 0.15) is 30.9 Å². The normalized spacial score (nSPS) is 26.1. The van der Waals surface area contributed by atoms with Gasteiger partial charge in [0, 0.05) is 39.4 Å². The van der Waals surface area contributed by atoms with Crippen molar-refractivity contribution in [2.45, 2.75) is 33.2 Å². The molecule has 2 amide bonds. The summed E-state index contributed by atoms with van der Waals surface area (Å²) in [6.07, 6.45) is 5.95. The number of aryl methyl sites for hydroxylation is 1. The van der Waals surface area contributed by atoms with Crippen molar-refractivity contribution in [1.29, 1.82) is 0 Å². The maximum atomic E-state index is 12.8. The number of carbonyl (C=O) groups excluding carboxylic acids is 2. The number of carbonyl (C=O) groups is 2. The van der Waals surface area contributed by atoms with E-state index in [1.165, 1.54) is 21.7 Å². The molecule has 1 heterocycles. The third-order valence-electron chi connectivity index (χ3n) is 6.89. The minimum Gasteiger partial charge on any atom is -0.377 e. The number of hydrogen-bond donors (Lipinski definition) is 2. The van der Waals surface area contributed by atoms with Gasteiger partial charge in [0.15, 0.2) is 5.96 Å². The van der Waals surface area contributed by atoms with Crippen LogP contribution in [0.3, 0.4) is 0 Å². The molecule has 0 radical (unpaired) electrons. The van der Waals surface area contributed by atoms with Crippen LogP contribution in [0.2, 0.25) is 0 Å². The molecule has 1 aromatic carbocycles. The second-order valence-electron chi connectivity index (χ2n) is 9.33. The minimum absolute atomic E-state index is 0.0352. The predicted octanol–water partition coefficient (Wildman–Crippen LogP) is 2.31. The molecule has 1 saturated heterocycles. The van der Waals surface area contributed by atoms with Crippen molar-refractivity contribution in [3.05, 3.63) is 41.5 Å². The summed E-state index contributed by atoms with van der Waals surface area (Å²) in [7, 11) is 4.09. The molecule has 172 valence electrons. The molecule has 0 spiro atoms. The van der Waals surface area contributed by atoms with Gasteiger partial charge in [-0.05, 0) is 55.7 Å². The quantitative estimate of drug-likeness (QED) is 0.215. The van der Waals surface area contributed by atoms with E-state index in [0.29, 0.717) is 26.1 Å². The molecule has 1 aromatic rings. The summed E-state index contributed by atoms with van der Waals surface area (Å²) >= 11 is 0. The number of allylic oxidation sites excluding steroid dienone is 2. The number of hydrogen-bond acceptors (Lipinski definition) is 4. The van der Waals surface area contributed by atoms with Gasteiger partial charge in [-0.25, -0.2) is 4.99 Å². The first-order chi connectivity index (χ1) is 15.4. The van der Waals surface area contributed by atoms with Crippen LogP contribution in [0.4, 0.5) is 5.69 Å². The number of aliphatic imine (C=N–C) groups is 1. The zero-order valence-corrected chi connectivity index (χ0v) is 19.6. The van der Waals surface area contributed by atoms with Crippen molar-refractivity contribution >= 4 is 23.5 Å². The van der Waals surface area contributed by atoms with Gasteiger partial charge in [0.2, 0.25) is 11.8 Å². The number of rotatable bonds is 8. The van der Waals surface area contributed by atoms with Crippen LogP contribution in [0.25, 0.3) is 0 Å². The van der Waals surface area contributed by atoms with E-state index < -0.39 is 0 Å². The molecule has 1 aliphatic heterocycles. The molecule has 2 N–H and O–H groups in total. The smallest absolute Gasteiger partial charge is 0.233 e. The number of nitrogens with zero attached hydrogens (tertiary/aromatic N) is 3. The third kappa shape index (κ3) is 4.25. The highest BCUT2D eigenvalue weighted by atomic mass is 16.2. The molecule has 2 aliphatic carbocycles. The van der Waals surface area contributed by atoms with Gasteiger partial charge in [-0.3, -0.25) is 14.5 Å². The summed E-state index contributed by atoms with van der Waals surface area (Å²) in [5, 5.41) is 6.63. The number of amides is 2. The Bertz CT molecular complexity index is 908. The highest BCUT2D eigenvalue weighted by Gasteiger charge is 2.58. The second kappa shape index (κ2) is 9.35. The van der Waals surface area contributed by atoms with Crippen LogP contribution >= 0.6 is 0 Å². The van der Waals surface area contributed by atoms with Crippen LogP contribution in [0.5, 0.6) is 0 Å². The SMILES string of the molecule is CCNC(=NCc1ccc(C)cc1N(C)C)NCCCN1C(=O)C2C3C=CC(C3)C2C1=O. The van der Waals surface area contributed by atoms with Gasteiger partial charge in [-0.15, -0.1) is 0 Å². The molecule has 4 atom stereocenters. The first-order valence-electron chi connectivity index (χ1n) is 11.7. The highest BCUT2D eigenvalue weighted by molar-refractivity contribution is 6.06. The van der Waals surface area contributed by atoms with E-state index in [4.69, 9.17) is 4.99 Å². The van der Waals surface area contributed by atoms with E-state index in [-0.39, 0.29) is 35.5 Å². The molecule has 1 saturated carbocycles. The first kappa shape index (κ1) is 22.4. The fourth-order valence-electron chi connectivity index (χ4n) is 5.36. The summed E-state index contributed by atoms with van der Waals surface area (Å²) in [6, 6.07) is 6.41. The number of guanidine groups is 1. The summed E-state index contributed by atoms with van der Waals surface area (Å²) in [4.78, 5) is 34.0. The van der Waals surface area contributed by atoms with Crippen molar-refractivity contribution < 1.29 is 9.59 Å². The van der Waals surface area contributed by atoms with Gasteiger partial charge >= 0.3 is 0 Å². The van der Waals surface area contributed by atoms with E-state index in [0.717, 1.165) is 18.9 Å². The molecule has 32 heavy (non-hydrogen) atoms. The Morgan fingerprint density at radius 3 is 2.44 bits per heavy atom. The molecule has 0 aromatic heterocycles. The van der Waals surface area contributed by atoms with Crippen molar-refractivity contribution in [2.24, 2.45) is 28.7 Å². The Morgan fingerprint density at radius 2 is 1.81 bits per heavy atom. The fourth-order valence-corrected chi connectivity index (χ4v) is 5.36. The lowest BCUT2D eigenvalue weighted by atomic mass is 9.85. The molecule has 2 bridgehead atoms. The van der Waals surface area contributed by atoms with Gasteiger partial charge in [-0.2, -0.15) is 0 Å². The Balaban J connectivity index is 1.30. The zero-order valence-electron chi connectivity index (χ0n) is 19.6. The number of fused-ring (bicyclic) bond motifs is 5. The number of nitrogens with one attached hydrogen (secondary N) is 2. The predicted molar refractivity (Wildman–Crippen MR) is 127 cm³/mol. The lowest BCUT2D eigenvalue weighted by Gasteiger charge is -2.19. The lowest BCUT2D eigenvalue weighted by molar-refractivity contribution is -0.140. The molecule has 3 aliphatic rings. The summed E-state index contributed by atoms with van der Waals surface area (Å²) < 4.78 is 0. The highest BCUT2D eigenvalue weighted by Crippen LogP contribution is 2.52. The zero-order chi connectivity index (χ0) is 22.8. The van der Waals surface area contributed by atoms with Gasteiger partial charge in [-0.1, -0.05) is 24.3 Å². The number of benzene rings is 1. The fraction of sp³-hybridized carbons (Fsp3) is 0.560. The Morgan fingerprint density at radius 1 is 1.12 bits per heavy atom. The van der Waals surface area contributed by atoms with Crippen molar-refractivity contribution in [2.75, 3.05) is 38.6 Å². The van der Waals surface area contributed by atoms with Crippen LogP contribution in [0.15, 0.2) is 35.3 Å². The Hall–Kier alpha value is -2.83. The molecule has 7 heteroatoms. The third-order valence-corrected chi connectivity index (χ3v) is 6.89. The average Bonchev–Trinajstić information content (AvgIpc) is 3.44. The molecule has 4 rings (SSSR count). The van der Waals surface area contributed by atoms with Gasteiger partial charge < -0.3 is 15.5 Å². The van der Waals surface area contributed by atoms with Crippen LogP contribution in [-0.2, 0) is 16.1 Å². The first-order valence-corrected chi connectivity index (χ1v) is 11.7. The molecule has 2 fully saturated rings. The number of anilines is 1. The summed E-state index contributed by atoms with van der Waals surface area (Å²) in [5.41, 5.74) is 3.57. The Labute approximate surface area is 190 Å². The second-order valence-corrected chi connectivity index (χ2v) is 9.33. The molecule has 7 nitrogen and oxygen atoms in total. The van der Waals surface area contributed by atoms with Crippen LogP contribution in [0, 0.1) is 30.6 Å². The maximum Gasteiger partial charge on any atom is 0.233 e. The number of likely N-dealkylation sites (tertiary alicyclic amines) is 1. The lowest BCUT2D eigenvalue weighted by Crippen LogP contribution is -2.40. The monoisotopic (exact) mass is 437 g/mol. The number of imide groups is 1. The van der Waals surface area contributed by atoms with E-state index in [1.54, 1.807) is 0 Å². The molecular formula is C25H35N5O2. The van der Waals surface area contributed by atoms with Crippen molar-refractivity contribution in [3.63, 3.8) is 0 Å². The van der Waals surface area contributed by atoms with E-state index >= 15 is 0 Å². The topological polar surface area (TPSA) is 77.0 Å². The van der Waals surface area contributed by atoms with Gasteiger partial charge in [0.25, 0.3) is 0 Å². The van der Waals surface area contributed by atoms with Gasteiger partial charge in [0.05, 0.1) is 18.4 Å².